The lowest BCUT2D eigenvalue weighted by Gasteiger charge is -2.40. The largest absolute Gasteiger partial charge is 0.481 e. The number of carboxylic acid groups (broad SMARTS) is 2. The molecule has 2 amide bonds. The van der Waals surface area contributed by atoms with Gasteiger partial charge >= 0.3 is 11.9 Å². The van der Waals surface area contributed by atoms with Crippen molar-refractivity contribution in [1.82, 2.24) is 9.80 Å². The van der Waals surface area contributed by atoms with E-state index >= 15 is 0 Å². The molecule has 0 aromatic heterocycles. The van der Waals surface area contributed by atoms with Gasteiger partial charge in [-0.1, -0.05) is 25.7 Å². The Bertz CT molecular complexity index is 574. The fraction of sp³-hybridized carbons (Fsp3) is 0.800. The van der Waals surface area contributed by atoms with E-state index in [2.05, 4.69) is 0 Å². The summed E-state index contributed by atoms with van der Waals surface area (Å²) in [6.07, 6.45) is 5.73. The lowest BCUT2D eigenvalue weighted by atomic mass is 9.78. The zero-order valence-corrected chi connectivity index (χ0v) is 16.2. The highest BCUT2D eigenvalue weighted by atomic mass is 16.4. The van der Waals surface area contributed by atoms with Crippen molar-refractivity contribution in [2.45, 2.75) is 51.4 Å². The van der Waals surface area contributed by atoms with Crippen molar-refractivity contribution in [3.63, 3.8) is 0 Å². The quantitative estimate of drug-likeness (QED) is 0.745. The van der Waals surface area contributed by atoms with Crippen LogP contribution in [0.5, 0.6) is 0 Å². The number of rotatable bonds is 4. The summed E-state index contributed by atoms with van der Waals surface area (Å²) in [7, 11) is 0. The van der Waals surface area contributed by atoms with E-state index in [1.807, 2.05) is 0 Å². The number of piperazine rings is 1. The third kappa shape index (κ3) is 4.31. The summed E-state index contributed by atoms with van der Waals surface area (Å²) in [4.78, 5) is 52.1. The molecule has 0 unspecified atom stereocenters. The molecule has 1 aliphatic heterocycles. The molecule has 2 N–H and O–H groups in total. The van der Waals surface area contributed by atoms with Crippen LogP contribution in [0.4, 0.5) is 0 Å². The minimum Gasteiger partial charge on any atom is -0.481 e. The average Bonchev–Trinajstić information content (AvgIpc) is 2.72. The van der Waals surface area contributed by atoms with Crippen LogP contribution in [0.15, 0.2) is 0 Å². The first kappa shape index (κ1) is 20.6. The summed E-state index contributed by atoms with van der Waals surface area (Å²) in [6, 6.07) is 0. The zero-order valence-electron chi connectivity index (χ0n) is 16.2. The molecule has 1 saturated heterocycles. The average molecular weight is 394 g/mol. The smallest absolute Gasteiger partial charge is 0.307 e. The van der Waals surface area contributed by atoms with Crippen LogP contribution in [0.3, 0.4) is 0 Å². The predicted molar refractivity (Wildman–Crippen MR) is 99.3 cm³/mol. The fourth-order valence-electron chi connectivity index (χ4n) is 5.06. The SMILES string of the molecule is O=C(O)[C@@H]1CCCC[C@@H]1C(=O)N1CCN(C(=O)[C@H]2CCCC[C@H]2C(=O)O)CC1. The van der Waals surface area contributed by atoms with Gasteiger partial charge in [0.1, 0.15) is 0 Å². The molecule has 0 radical (unpaired) electrons. The Morgan fingerprint density at radius 1 is 0.536 bits per heavy atom. The van der Waals surface area contributed by atoms with Gasteiger partial charge in [0.2, 0.25) is 11.8 Å². The summed E-state index contributed by atoms with van der Waals surface area (Å²) >= 11 is 0. The summed E-state index contributed by atoms with van der Waals surface area (Å²) in [5, 5.41) is 18.8. The monoisotopic (exact) mass is 394 g/mol. The molecule has 3 fully saturated rings. The fourth-order valence-corrected chi connectivity index (χ4v) is 5.06. The first-order valence-corrected chi connectivity index (χ1v) is 10.4. The van der Waals surface area contributed by atoms with Gasteiger partial charge in [0, 0.05) is 26.2 Å². The van der Waals surface area contributed by atoms with E-state index in [9.17, 15) is 29.4 Å². The Balaban J connectivity index is 1.57. The maximum atomic E-state index is 12.9. The van der Waals surface area contributed by atoms with Crippen molar-refractivity contribution in [3.05, 3.63) is 0 Å². The van der Waals surface area contributed by atoms with E-state index < -0.39 is 35.6 Å². The van der Waals surface area contributed by atoms with Gasteiger partial charge in [0.25, 0.3) is 0 Å². The number of carbonyl (C=O) groups excluding carboxylic acids is 2. The topological polar surface area (TPSA) is 115 Å². The lowest BCUT2D eigenvalue weighted by molar-refractivity contribution is -0.156. The number of hydrogen-bond acceptors (Lipinski definition) is 4. The zero-order chi connectivity index (χ0) is 20.3. The molecule has 0 spiro atoms. The highest BCUT2D eigenvalue weighted by Gasteiger charge is 2.41. The first-order valence-electron chi connectivity index (χ1n) is 10.4. The second-order valence-corrected chi connectivity index (χ2v) is 8.32. The molecule has 0 aromatic carbocycles. The molecule has 8 nitrogen and oxygen atoms in total. The molecule has 3 aliphatic rings. The van der Waals surface area contributed by atoms with E-state index in [1.54, 1.807) is 9.80 Å². The molecule has 2 aliphatic carbocycles. The second kappa shape index (κ2) is 8.92. The molecule has 3 rings (SSSR count). The first-order chi connectivity index (χ1) is 13.4. The van der Waals surface area contributed by atoms with Crippen molar-refractivity contribution in [2.75, 3.05) is 26.2 Å². The molecule has 8 heteroatoms. The predicted octanol–water partition coefficient (Wildman–Crippen LogP) is 1.44. The van der Waals surface area contributed by atoms with E-state index in [0.29, 0.717) is 51.9 Å². The number of carboxylic acids is 2. The summed E-state index contributed by atoms with van der Waals surface area (Å²) in [5.74, 6) is -4.18. The molecule has 0 aromatic rings. The maximum Gasteiger partial charge on any atom is 0.307 e. The van der Waals surface area contributed by atoms with Crippen molar-refractivity contribution in [2.24, 2.45) is 23.7 Å². The molecule has 28 heavy (non-hydrogen) atoms. The second-order valence-electron chi connectivity index (χ2n) is 8.32. The molecular weight excluding hydrogens is 364 g/mol. The van der Waals surface area contributed by atoms with Gasteiger partial charge in [0.15, 0.2) is 0 Å². The van der Waals surface area contributed by atoms with Crippen LogP contribution in [0, 0.1) is 23.7 Å². The van der Waals surface area contributed by atoms with Crippen molar-refractivity contribution in [1.29, 1.82) is 0 Å². The third-order valence-corrected chi connectivity index (χ3v) is 6.70. The van der Waals surface area contributed by atoms with Crippen LogP contribution in [0.25, 0.3) is 0 Å². The van der Waals surface area contributed by atoms with Gasteiger partial charge in [-0.25, -0.2) is 0 Å². The number of hydrogen-bond donors (Lipinski definition) is 2. The van der Waals surface area contributed by atoms with Gasteiger partial charge in [0.05, 0.1) is 23.7 Å². The molecule has 2 saturated carbocycles. The third-order valence-electron chi connectivity index (χ3n) is 6.70. The Hall–Kier alpha value is -2.12. The van der Waals surface area contributed by atoms with Gasteiger partial charge in [-0.15, -0.1) is 0 Å². The Morgan fingerprint density at radius 3 is 1.11 bits per heavy atom. The van der Waals surface area contributed by atoms with E-state index in [4.69, 9.17) is 0 Å². The standard InChI is InChI=1S/C20H30N2O6/c23-17(13-5-1-3-7-15(13)19(25)26)21-9-11-22(12-10-21)18(24)14-6-2-4-8-16(14)20(27)28/h13-16H,1-12H2,(H,25,26)(H,27,28)/t13-,14-,15+,16+/m0/s1. The Labute approximate surface area is 164 Å². The van der Waals surface area contributed by atoms with Crippen molar-refractivity contribution < 1.29 is 29.4 Å². The summed E-state index contributed by atoms with van der Waals surface area (Å²) in [5.41, 5.74) is 0. The summed E-state index contributed by atoms with van der Waals surface area (Å²) in [6.45, 7) is 1.55. The van der Waals surface area contributed by atoms with Crippen LogP contribution in [-0.2, 0) is 19.2 Å². The van der Waals surface area contributed by atoms with E-state index in [-0.39, 0.29) is 11.8 Å². The van der Waals surface area contributed by atoms with Crippen LogP contribution < -0.4 is 0 Å². The van der Waals surface area contributed by atoms with Crippen LogP contribution >= 0.6 is 0 Å². The minimum atomic E-state index is -0.899. The molecular formula is C20H30N2O6. The van der Waals surface area contributed by atoms with Gasteiger partial charge in [-0.2, -0.15) is 0 Å². The molecule has 1 heterocycles. The highest BCUT2D eigenvalue weighted by molar-refractivity contribution is 5.86. The van der Waals surface area contributed by atoms with Crippen LogP contribution in [0.2, 0.25) is 0 Å². The highest BCUT2D eigenvalue weighted by Crippen LogP contribution is 2.33. The molecule has 156 valence electrons. The Kier molecular flexibility index (Phi) is 6.57. The number of aliphatic carboxylic acids is 2. The van der Waals surface area contributed by atoms with Gasteiger partial charge in [-0.05, 0) is 25.7 Å². The molecule has 4 atom stereocenters. The summed E-state index contributed by atoms with van der Waals surface area (Å²) < 4.78 is 0. The minimum absolute atomic E-state index is 0.111. The van der Waals surface area contributed by atoms with Crippen molar-refractivity contribution >= 4 is 23.8 Å². The van der Waals surface area contributed by atoms with Gasteiger partial charge in [-0.3, -0.25) is 19.2 Å². The normalized spacial score (nSPS) is 31.3. The number of amides is 2. The van der Waals surface area contributed by atoms with Crippen LogP contribution in [-0.4, -0.2) is 69.9 Å². The lowest BCUT2D eigenvalue weighted by Crippen LogP contribution is -2.55. The van der Waals surface area contributed by atoms with Crippen molar-refractivity contribution in [3.8, 4) is 0 Å². The van der Waals surface area contributed by atoms with E-state index in [1.165, 1.54) is 0 Å². The van der Waals surface area contributed by atoms with Crippen LogP contribution in [0.1, 0.15) is 51.4 Å². The number of carbonyl (C=O) groups is 4. The number of nitrogens with zero attached hydrogens (tertiary/aromatic N) is 2. The molecule has 0 bridgehead atoms. The maximum absolute atomic E-state index is 12.9. The Morgan fingerprint density at radius 2 is 0.821 bits per heavy atom. The van der Waals surface area contributed by atoms with Gasteiger partial charge < -0.3 is 20.0 Å². The van der Waals surface area contributed by atoms with E-state index in [0.717, 1.165) is 25.7 Å².